The van der Waals surface area contributed by atoms with Crippen LogP contribution in [0.15, 0.2) is 77.0 Å². The van der Waals surface area contributed by atoms with E-state index in [1.54, 1.807) is 60.6 Å². The number of halogens is 1. The summed E-state index contributed by atoms with van der Waals surface area (Å²) in [5.41, 5.74) is 2.77. The summed E-state index contributed by atoms with van der Waals surface area (Å²) < 4.78 is 26.3. The summed E-state index contributed by atoms with van der Waals surface area (Å²) in [5.74, 6) is 0.841. The van der Waals surface area contributed by atoms with Crippen molar-refractivity contribution >= 4 is 44.8 Å². The zero-order chi connectivity index (χ0) is 31.5. The summed E-state index contributed by atoms with van der Waals surface area (Å²) >= 11 is 1.46. The van der Waals surface area contributed by atoms with E-state index in [4.69, 9.17) is 14.5 Å². The summed E-state index contributed by atoms with van der Waals surface area (Å²) in [5, 5.41) is 14.2. The van der Waals surface area contributed by atoms with Crippen LogP contribution in [0.5, 0.6) is 11.5 Å². The second-order valence-corrected chi connectivity index (χ2v) is 11.1. The van der Waals surface area contributed by atoms with Crippen LogP contribution < -0.4 is 35.2 Å². The molecule has 5 aromatic rings. The molecule has 0 aliphatic carbocycles. The molecule has 1 aliphatic heterocycles. The van der Waals surface area contributed by atoms with Crippen molar-refractivity contribution in [3.05, 3.63) is 94.2 Å². The van der Waals surface area contributed by atoms with Crippen LogP contribution in [0.25, 0.3) is 10.9 Å². The zero-order valence-electron chi connectivity index (χ0n) is 24.9. The number of fused-ring (bicyclic) bond motifs is 1. The Morgan fingerprint density at radius 2 is 1.80 bits per heavy atom. The minimum absolute atomic E-state index is 0. The van der Waals surface area contributed by atoms with E-state index in [0.717, 1.165) is 5.13 Å². The topological polar surface area (TPSA) is 118 Å². The first-order chi connectivity index (χ1) is 21.9. The minimum Gasteiger partial charge on any atom is -0.497 e. The first kappa shape index (κ1) is 29.8. The number of anilines is 3. The van der Waals surface area contributed by atoms with Crippen LogP contribution in [-0.4, -0.2) is 66.3 Å². The first-order valence-corrected chi connectivity index (χ1v) is 15.1. The predicted molar refractivity (Wildman–Crippen MR) is 174 cm³/mol. The third-order valence-electron chi connectivity index (χ3n) is 7.66. The lowest BCUT2D eigenvalue weighted by Gasteiger charge is -2.39. The molecule has 1 unspecified atom stereocenters. The number of aromatic nitrogens is 4. The van der Waals surface area contributed by atoms with Gasteiger partial charge in [0.25, 0.3) is 5.56 Å². The Morgan fingerprint density at radius 1 is 1.04 bits per heavy atom. The molecule has 1 saturated heterocycles. The van der Waals surface area contributed by atoms with Gasteiger partial charge in [-0.2, -0.15) is 0 Å². The predicted octanol–water partition coefficient (Wildman–Crippen LogP) is 4.91. The van der Waals surface area contributed by atoms with Crippen LogP contribution in [0.1, 0.15) is 20.2 Å². The fourth-order valence-electron chi connectivity index (χ4n) is 5.39. The van der Waals surface area contributed by atoms with Crippen molar-refractivity contribution in [2.24, 2.45) is 0 Å². The van der Waals surface area contributed by atoms with Gasteiger partial charge in [0.1, 0.15) is 22.8 Å². The highest BCUT2D eigenvalue weighted by Gasteiger charge is 2.32. The smallest absolute Gasteiger partial charge is 0.327 e. The molecule has 12 nitrogen and oxygen atoms in total. The number of ether oxygens (including phenoxy) is 2. The Morgan fingerprint density at radius 3 is 2.49 bits per heavy atom. The number of carbonyl (C=O) groups excluding carboxylic acids is 1. The van der Waals surface area contributed by atoms with E-state index in [9.17, 15) is 14.0 Å². The first-order valence-electron chi connectivity index (χ1n) is 14.2. The molecule has 45 heavy (non-hydrogen) atoms. The zero-order valence-corrected chi connectivity index (χ0v) is 25.7. The standard InChI is InChI=1S/C31H31FN8O4S.H2/c1-20(39(26-13-12-23(43-2)18-27(26)44-3)30(42)34-22-10-8-21(32)9-11-22)28-35-25-7-5-4-6-24(25)29(41)40(28)38-16-14-37(15-17-38)31-36-33-19-45-31;/h4-13,18-20H,14-17H2,1-3H3,(H,34,42);1H. The molecule has 6 rings (SSSR count). The van der Waals surface area contributed by atoms with Crippen LogP contribution >= 0.6 is 11.3 Å². The minimum atomic E-state index is -0.786. The number of hydrogen-bond acceptors (Lipinski definition) is 10. The lowest BCUT2D eigenvalue weighted by molar-refractivity contribution is 0.254. The number of rotatable bonds is 8. The summed E-state index contributed by atoms with van der Waals surface area (Å²) in [6.07, 6.45) is 0. The molecule has 0 radical (unpaired) electrons. The number of nitrogens with zero attached hydrogens (tertiary/aromatic N) is 7. The van der Waals surface area contributed by atoms with Crippen LogP contribution in [0.4, 0.5) is 25.7 Å². The van der Waals surface area contributed by atoms with E-state index in [2.05, 4.69) is 20.4 Å². The molecule has 14 heteroatoms. The Hall–Kier alpha value is -5.24. The molecular formula is C31H33FN8O4S. The van der Waals surface area contributed by atoms with Crippen molar-refractivity contribution in [1.82, 2.24) is 19.9 Å². The lowest BCUT2D eigenvalue weighted by atomic mass is 10.1. The summed E-state index contributed by atoms with van der Waals surface area (Å²) in [6, 6.07) is 16.4. The monoisotopic (exact) mass is 632 g/mol. The number of amides is 2. The second-order valence-electron chi connectivity index (χ2n) is 10.3. The fraction of sp³-hybridized carbons (Fsp3) is 0.258. The van der Waals surface area contributed by atoms with Crippen molar-refractivity contribution < 1.29 is 20.1 Å². The van der Waals surface area contributed by atoms with Crippen LogP contribution in [0.3, 0.4) is 0 Å². The molecule has 2 aromatic heterocycles. The maximum Gasteiger partial charge on any atom is 0.327 e. The van der Waals surface area contributed by atoms with Gasteiger partial charge in [-0.05, 0) is 55.5 Å². The van der Waals surface area contributed by atoms with Crippen molar-refractivity contribution in [3.63, 3.8) is 0 Å². The molecule has 0 saturated carbocycles. The Bertz CT molecular complexity index is 1870. The average molecular weight is 633 g/mol. The third-order valence-corrected chi connectivity index (χ3v) is 8.41. The number of benzene rings is 3. The van der Waals surface area contributed by atoms with Gasteiger partial charge < -0.3 is 24.7 Å². The van der Waals surface area contributed by atoms with Crippen molar-refractivity contribution in [1.29, 1.82) is 0 Å². The van der Waals surface area contributed by atoms with Crippen LogP contribution in [0.2, 0.25) is 0 Å². The highest BCUT2D eigenvalue weighted by molar-refractivity contribution is 7.13. The molecule has 0 spiro atoms. The van der Waals surface area contributed by atoms with Gasteiger partial charge in [0.15, 0.2) is 5.82 Å². The number of carbonyl (C=O) groups is 1. The van der Waals surface area contributed by atoms with Gasteiger partial charge in [-0.1, -0.05) is 23.5 Å². The molecular weight excluding hydrogens is 599 g/mol. The van der Waals surface area contributed by atoms with Gasteiger partial charge in [0.05, 0.1) is 49.9 Å². The molecule has 2 amide bonds. The number of methoxy groups -OCH3 is 2. The van der Waals surface area contributed by atoms with Gasteiger partial charge in [-0.15, -0.1) is 10.2 Å². The molecule has 1 atom stereocenters. The number of nitrogens with one attached hydrogen (secondary N) is 1. The number of para-hydroxylation sites is 1. The van der Waals surface area contributed by atoms with E-state index >= 15 is 0 Å². The number of urea groups is 1. The highest BCUT2D eigenvalue weighted by atomic mass is 32.1. The van der Waals surface area contributed by atoms with Crippen molar-refractivity contribution in [3.8, 4) is 11.5 Å². The van der Waals surface area contributed by atoms with E-state index in [1.165, 1.54) is 47.6 Å². The normalized spacial score (nSPS) is 13.9. The third kappa shape index (κ3) is 5.96. The van der Waals surface area contributed by atoms with E-state index in [-0.39, 0.29) is 6.99 Å². The molecule has 3 heterocycles. The van der Waals surface area contributed by atoms with E-state index in [1.807, 2.05) is 11.1 Å². The molecule has 1 fully saturated rings. The molecule has 1 aliphatic rings. The van der Waals surface area contributed by atoms with E-state index in [0.29, 0.717) is 65.8 Å². The fourth-order valence-corrected chi connectivity index (χ4v) is 6.00. The summed E-state index contributed by atoms with van der Waals surface area (Å²) in [6.45, 7) is 4.05. The van der Waals surface area contributed by atoms with Crippen LogP contribution in [-0.2, 0) is 0 Å². The van der Waals surface area contributed by atoms with Gasteiger partial charge >= 0.3 is 6.03 Å². The number of hydrogen-bond donors (Lipinski definition) is 1. The maximum absolute atomic E-state index is 14.2. The Kier molecular flexibility index (Phi) is 8.47. The second kappa shape index (κ2) is 12.8. The van der Waals surface area contributed by atoms with Gasteiger partial charge in [-0.25, -0.2) is 18.8 Å². The largest absolute Gasteiger partial charge is 0.497 e. The van der Waals surface area contributed by atoms with E-state index < -0.39 is 17.9 Å². The molecule has 3 aromatic carbocycles. The Balaban J connectivity index is 0.00000417. The lowest BCUT2D eigenvalue weighted by Crippen LogP contribution is -2.56. The molecule has 1 N–H and O–H groups in total. The van der Waals surface area contributed by atoms with Gasteiger partial charge in [0.2, 0.25) is 5.13 Å². The summed E-state index contributed by atoms with van der Waals surface area (Å²) in [4.78, 5) is 36.9. The van der Waals surface area contributed by atoms with Crippen molar-refractivity contribution in [2.75, 3.05) is 60.5 Å². The highest BCUT2D eigenvalue weighted by Crippen LogP contribution is 2.37. The SMILES string of the molecule is COc1ccc(N(C(=O)Nc2ccc(F)cc2)C(C)c2nc3ccccc3c(=O)n2N2CCN(c3nncs3)CC2)c(OC)c1.[HH]. The van der Waals surface area contributed by atoms with Crippen LogP contribution in [0, 0.1) is 5.82 Å². The average Bonchev–Trinajstić information content (AvgIpc) is 3.61. The van der Waals surface area contributed by atoms with Gasteiger partial charge in [0, 0.05) is 26.3 Å². The van der Waals surface area contributed by atoms with Crippen molar-refractivity contribution in [2.45, 2.75) is 13.0 Å². The molecule has 0 bridgehead atoms. The summed E-state index contributed by atoms with van der Waals surface area (Å²) in [7, 11) is 3.04. The number of piperazine rings is 1. The quantitative estimate of drug-likeness (QED) is 0.255. The maximum atomic E-state index is 14.2. The van der Waals surface area contributed by atoms with Gasteiger partial charge in [-0.3, -0.25) is 9.69 Å². The molecule has 234 valence electrons. The Labute approximate surface area is 263 Å².